The van der Waals surface area contributed by atoms with E-state index in [4.69, 9.17) is 9.15 Å². The van der Waals surface area contributed by atoms with Crippen LogP contribution in [0, 0.1) is 0 Å². The fraction of sp³-hybridized carbons (Fsp3) is 0.474. The number of β-amino-alcohol motifs (C(OH)–C–C–N with tert-alkyl or cyclic N) is 1. The Labute approximate surface area is 142 Å². The Morgan fingerprint density at radius 3 is 2.75 bits per heavy atom. The fourth-order valence-corrected chi connectivity index (χ4v) is 3.29. The number of hydrogen-bond donors (Lipinski definition) is 2. The lowest BCUT2D eigenvalue weighted by Gasteiger charge is -2.28. The molecule has 1 aromatic carbocycles. The van der Waals surface area contributed by atoms with Gasteiger partial charge in [-0.2, -0.15) is 0 Å². The maximum absolute atomic E-state index is 10.3. The molecule has 0 spiro atoms. The molecule has 1 fully saturated rings. The van der Waals surface area contributed by atoms with Gasteiger partial charge in [-0.15, -0.1) is 0 Å². The second kappa shape index (κ2) is 8.33. The first-order valence-electron chi connectivity index (χ1n) is 8.54. The van der Waals surface area contributed by atoms with Crippen molar-refractivity contribution in [2.24, 2.45) is 0 Å². The van der Waals surface area contributed by atoms with Gasteiger partial charge in [0, 0.05) is 12.6 Å². The fourth-order valence-electron chi connectivity index (χ4n) is 3.29. The van der Waals surface area contributed by atoms with E-state index in [0.717, 1.165) is 25.1 Å². The van der Waals surface area contributed by atoms with E-state index in [2.05, 4.69) is 4.90 Å². The van der Waals surface area contributed by atoms with E-state index >= 15 is 0 Å². The third-order valence-corrected chi connectivity index (χ3v) is 4.50. The van der Waals surface area contributed by atoms with Crippen molar-refractivity contribution < 1.29 is 19.4 Å². The Morgan fingerprint density at radius 2 is 2.00 bits per heavy atom. The zero-order chi connectivity index (χ0) is 16.8. The van der Waals surface area contributed by atoms with Gasteiger partial charge in [0.1, 0.15) is 30.3 Å². The van der Waals surface area contributed by atoms with Gasteiger partial charge in [-0.05, 0) is 50.1 Å². The minimum absolute atomic E-state index is 0.261. The summed E-state index contributed by atoms with van der Waals surface area (Å²) in [6.07, 6.45) is 3.18. The van der Waals surface area contributed by atoms with Crippen LogP contribution in [-0.2, 0) is 0 Å². The highest BCUT2D eigenvalue weighted by atomic mass is 16.5. The minimum Gasteiger partial charge on any atom is -0.491 e. The van der Waals surface area contributed by atoms with Crippen LogP contribution in [0.5, 0.6) is 5.75 Å². The topological polar surface area (TPSA) is 66.1 Å². The molecule has 2 N–H and O–H groups in total. The number of benzene rings is 1. The largest absolute Gasteiger partial charge is 0.491 e. The molecule has 5 nitrogen and oxygen atoms in total. The Hall–Kier alpha value is -1.82. The number of aliphatic hydroxyl groups is 2. The van der Waals surface area contributed by atoms with Crippen molar-refractivity contribution in [3.63, 3.8) is 0 Å². The first-order valence-corrected chi connectivity index (χ1v) is 8.54. The summed E-state index contributed by atoms with van der Waals surface area (Å²) >= 11 is 0. The van der Waals surface area contributed by atoms with E-state index in [0.29, 0.717) is 18.7 Å². The highest BCUT2D eigenvalue weighted by molar-refractivity contribution is 5.20. The summed E-state index contributed by atoms with van der Waals surface area (Å²) in [7, 11) is 0. The third kappa shape index (κ3) is 4.60. The average Bonchev–Trinajstić information content (AvgIpc) is 3.26. The number of aliphatic hydroxyl groups excluding tert-OH is 2. The lowest BCUT2D eigenvalue weighted by Crippen LogP contribution is -2.39. The summed E-state index contributed by atoms with van der Waals surface area (Å²) in [5, 5.41) is 20.5. The van der Waals surface area contributed by atoms with E-state index in [-0.39, 0.29) is 12.6 Å². The molecule has 2 aromatic rings. The molecule has 0 saturated carbocycles. The van der Waals surface area contributed by atoms with Gasteiger partial charge < -0.3 is 19.4 Å². The first kappa shape index (κ1) is 17.0. The first-order chi connectivity index (χ1) is 11.7. The number of hydrogen-bond acceptors (Lipinski definition) is 5. The lowest BCUT2D eigenvalue weighted by molar-refractivity contribution is 0.0481. The SMILES string of the molecule is OC(COc1ccccc1)CN1CCCC1CC(O)c1ccco1. The Morgan fingerprint density at radius 1 is 1.17 bits per heavy atom. The Balaban J connectivity index is 1.46. The van der Waals surface area contributed by atoms with E-state index in [1.165, 1.54) is 0 Å². The van der Waals surface area contributed by atoms with Crippen molar-refractivity contribution in [3.8, 4) is 5.75 Å². The zero-order valence-corrected chi connectivity index (χ0v) is 13.8. The highest BCUT2D eigenvalue weighted by Crippen LogP contribution is 2.27. The molecule has 1 aliphatic rings. The van der Waals surface area contributed by atoms with Crippen LogP contribution in [0.3, 0.4) is 0 Å². The highest BCUT2D eigenvalue weighted by Gasteiger charge is 2.29. The van der Waals surface area contributed by atoms with Crippen LogP contribution >= 0.6 is 0 Å². The molecular weight excluding hydrogens is 306 g/mol. The van der Waals surface area contributed by atoms with Gasteiger partial charge in [-0.3, -0.25) is 4.90 Å². The molecule has 1 aliphatic heterocycles. The van der Waals surface area contributed by atoms with Gasteiger partial charge in [-0.1, -0.05) is 18.2 Å². The minimum atomic E-state index is -0.594. The zero-order valence-electron chi connectivity index (χ0n) is 13.8. The predicted octanol–water partition coefficient (Wildman–Crippen LogP) is 2.61. The molecule has 24 heavy (non-hydrogen) atoms. The molecule has 5 heteroatoms. The van der Waals surface area contributed by atoms with Crippen molar-refractivity contribution in [2.75, 3.05) is 19.7 Å². The lowest BCUT2D eigenvalue weighted by atomic mass is 10.0. The number of rotatable bonds is 8. The van der Waals surface area contributed by atoms with Crippen molar-refractivity contribution in [1.82, 2.24) is 4.90 Å². The molecular formula is C19H25NO4. The van der Waals surface area contributed by atoms with Crippen LogP contribution in [0.1, 0.15) is 31.1 Å². The van der Waals surface area contributed by atoms with Gasteiger partial charge in [0.15, 0.2) is 0 Å². The van der Waals surface area contributed by atoms with Gasteiger partial charge in [0.2, 0.25) is 0 Å². The van der Waals surface area contributed by atoms with E-state index < -0.39 is 12.2 Å². The Kier molecular flexibility index (Phi) is 5.91. The van der Waals surface area contributed by atoms with Gasteiger partial charge in [-0.25, -0.2) is 0 Å². The molecule has 3 atom stereocenters. The average molecular weight is 331 g/mol. The van der Waals surface area contributed by atoms with Crippen molar-refractivity contribution >= 4 is 0 Å². The quantitative estimate of drug-likeness (QED) is 0.778. The molecule has 130 valence electrons. The second-order valence-electron chi connectivity index (χ2n) is 6.34. The van der Waals surface area contributed by atoms with Crippen LogP contribution in [0.2, 0.25) is 0 Å². The summed E-state index contributed by atoms with van der Waals surface area (Å²) in [5.74, 6) is 1.37. The molecule has 0 radical (unpaired) electrons. The molecule has 3 unspecified atom stereocenters. The van der Waals surface area contributed by atoms with Crippen LogP contribution in [0.15, 0.2) is 53.1 Å². The predicted molar refractivity (Wildman–Crippen MR) is 90.8 cm³/mol. The van der Waals surface area contributed by atoms with Gasteiger partial charge in [0.05, 0.1) is 6.26 Å². The maximum Gasteiger partial charge on any atom is 0.132 e. The molecule has 0 bridgehead atoms. The summed E-state index contributed by atoms with van der Waals surface area (Å²) in [6, 6.07) is 13.4. The summed E-state index contributed by atoms with van der Waals surface area (Å²) in [6.45, 7) is 1.77. The second-order valence-corrected chi connectivity index (χ2v) is 6.34. The van der Waals surface area contributed by atoms with E-state index in [1.54, 1.807) is 18.4 Å². The standard InChI is InChI=1S/C19H25NO4/c21-16(14-24-17-7-2-1-3-8-17)13-20-10-4-6-15(20)12-18(22)19-9-5-11-23-19/h1-3,5,7-9,11,15-16,18,21-22H,4,6,10,12-14H2. The van der Waals surface area contributed by atoms with Crippen LogP contribution in [0.4, 0.5) is 0 Å². The number of furan rings is 1. The molecule has 2 heterocycles. The van der Waals surface area contributed by atoms with E-state index in [9.17, 15) is 10.2 Å². The third-order valence-electron chi connectivity index (χ3n) is 4.50. The molecule has 1 saturated heterocycles. The smallest absolute Gasteiger partial charge is 0.132 e. The summed E-state index contributed by atoms with van der Waals surface area (Å²) in [4.78, 5) is 2.24. The van der Waals surface area contributed by atoms with E-state index in [1.807, 2.05) is 30.3 Å². The molecule has 1 aromatic heterocycles. The normalized spacial score (nSPS) is 20.8. The van der Waals surface area contributed by atoms with Crippen LogP contribution in [0.25, 0.3) is 0 Å². The van der Waals surface area contributed by atoms with Crippen molar-refractivity contribution in [3.05, 3.63) is 54.5 Å². The number of likely N-dealkylation sites (tertiary alicyclic amines) is 1. The number of nitrogens with zero attached hydrogens (tertiary/aromatic N) is 1. The summed E-state index contributed by atoms with van der Waals surface area (Å²) in [5.41, 5.74) is 0. The molecule has 0 aliphatic carbocycles. The summed E-state index contributed by atoms with van der Waals surface area (Å²) < 4.78 is 10.9. The number of para-hydroxylation sites is 1. The monoisotopic (exact) mass is 331 g/mol. The van der Waals surface area contributed by atoms with Gasteiger partial charge >= 0.3 is 0 Å². The Bertz CT molecular complexity index is 587. The maximum atomic E-state index is 10.3. The number of ether oxygens (including phenoxy) is 1. The van der Waals surface area contributed by atoms with Crippen molar-refractivity contribution in [2.45, 2.75) is 37.5 Å². The van der Waals surface area contributed by atoms with Crippen molar-refractivity contribution in [1.29, 1.82) is 0 Å². The van der Waals surface area contributed by atoms with Crippen LogP contribution in [-0.4, -0.2) is 47.0 Å². The van der Waals surface area contributed by atoms with Gasteiger partial charge in [0.25, 0.3) is 0 Å². The molecule has 0 amide bonds. The van der Waals surface area contributed by atoms with Crippen LogP contribution < -0.4 is 4.74 Å². The molecule has 3 rings (SSSR count).